The zero-order chi connectivity index (χ0) is 13.0. The van der Waals surface area contributed by atoms with Crippen LogP contribution in [0.4, 0.5) is 5.69 Å². The molecule has 0 amide bonds. The highest BCUT2D eigenvalue weighted by molar-refractivity contribution is 5.48. The van der Waals surface area contributed by atoms with E-state index in [9.17, 15) is 0 Å². The molecule has 1 heterocycles. The second-order valence-electron chi connectivity index (χ2n) is 5.10. The van der Waals surface area contributed by atoms with Crippen molar-refractivity contribution in [1.82, 2.24) is 4.90 Å². The summed E-state index contributed by atoms with van der Waals surface area (Å²) in [6.45, 7) is 9.19. The molecule has 0 aromatic heterocycles. The van der Waals surface area contributed by atoms with E-state index < -0.39 is 0 Å². The highest BCUT2D eigenvalue weighted by Crippen LogP contribution is 2.18. The average Bonchev–Trinajstić information content (AvgIpc) is 2.47. The van der Waals surface area contributed by atoms with E-state index in [0.29, 0.717) is 6.04 Å². The number of benzene rings is 1. The molecule has 1 atom stereocenters. The Morgan fingerprint density at radius 3 is 2.22 bits per heavy atom. The maximum atomic E-state index is 9.04. The van der Waals surface area contributed by atoms with E-state index in [1.165, 1.54) is 12.1 Å². The minimum absolute atomic E-state index is 0.127. The fraction of sp³-hybridized carbons (Fsp3) is 0.600. The lowest BCUT2D eigenvalue weighted by atomic mass is 10.1. The Morgan fingerprint density at radius 1 is 1.11 bits per heavy atom. The van der Waals surface area contributed by atoms with Crippen molar-refractivity contribution in [3.63, 3.8) is 0 Å². The van der Waals surface area contributed by atoms with Gasteiger partial charge in [0.15, 0.2) is 0 Å². The van der Waals surface area contributed by atoms with Gasteiger partial charge in [-0.3, -0.25) is 4.90 Å². The van der Waals surface area contributed by atoms with E-state index in [0.717, 1.165) is 31.7 Å². The number of hydrogen-bond donors (Lipinski definition) is 1. The van der Waals surface area contributed by atoms with Crippen molar-refractivity contribution in [2.24, 2.45) is 0 Å². The first kappa shape index (κ1) is 13.4. The Bertz CT molecular complexity index is 355. The van der Waals surface area contributed by atoms with E-state index in [1.54, 1.807) is 0 Å². The fourth-order valence-corrected chi connectivity index (χ4v) is 2.49. The number of anilines is 1. The first-order valence-corrected chi connectivity index (χ1v) is 6.93. The topological polar surface area (TPSA) is 26.7 Å². The lowest BCUT2D eigenvalue weighted by Crippen LogP contribution is -2.49. The Labute approximate surface area is 110 Å². The summed E-state index contributed by atoms with van der Waals surface area (Å²) in [5.74, 6) is 0. The van der Waals surface area contributed by atoms with Gasteiger partial charge in [-0.15, -0.1) is 0 Å². The molecule has 100 valence electrons. The molecule has 0 saturated carbocycles. The molecule has 1 fully saturated rings. The van der Waals surface area contributed by atoms with Crippen LogP contribution >= 0.6 is 0 Å². The third-order valence-corrected chi connectivity index (χ3v) is 4.01. The molecule has 18 heavy (non-hydrogen) atoms. The fourth-order valence-electron chi connectivity index (χ4n) is 2.49. The van der Waals surface area contributed by atoms with Crippen LogP contribution in [0.1, 0.15) is 25.8 Å². The van der Waals surface area contributed by atoms with Gasteiger partial charge in [0.25, 0.3) is 0 Å². The molecule has 0 spiro atoms. The van der Waals surface area contributed by atoms with Crippen LogP contribution in [-0.2, 0) is 6.61 Å². The van der Waals surface area contributed by atoms with Crippen molar-refractivity contribution in [3.05, 3.63) is 29.8 Å². The maximum Gasteiger partial charge on any atom is 0.0681 e. The number of aliphatic hydroxyl groups is 1. The summed E-state index contributed by atoms with van der Waals surface area (Å²) in [7, 11) is 0. The molecule has 1 aromatic rings. The smallest absolute Gasteiger partial charge is 0.0681 e. The maximum absolute atomic E-state index is 9.04. The number of rotatable bonds is 4. The second-order valence-corrected chi connectivity index (χ2v) is 5.10. The van der Waals surface area contributed by atoms with Crippen molar-refractivity contribution in [1.29, 1.82) is 0 Å². The molecular formula is C15H24N2O. The van der Waals surface area contributed by atoms with Gasteiger partial charge in [0.1, 0.15) is 0 Å². The molecule has 1 aromatic carbocycles. The summed E-state index contributed by atoms with van der Waals surface area (Å²) in [5.41, 5.74) is 2.26. The summed E-state index contributed by atoms with van der Waals surface area (Å²) in [6, 6.07) is 8.95. The molecule has 2 rings (SSSR count). The first-order chi connectivity index (χ1) is 8.74. The summed E-state index contributed by atoms with van der Waals surface area (Å²) in [5, 5.41) is 9.04. The van der Waals surface area contributed by atoms with Gasteiger partial charge in [-0.25, -0.2) is 0 Å². The van der Waals surface area contributed by atoms with Gasteiger partial charge in [-0.05, 0) is 31.0 Å². The van der Waals surface area contributed by atoms with E-state index in [-0.39, 0.29) is 6.61 Å². The van der Waals surface area contributed by atoms with Gasteiger partial charge in [0.05, 0.1) is 6.61 Å². The van der Waals surface area contributed by atoms with Gasteiger partial charge in [0.2, 0.25) is 0 Å². The van der Waals surface area contributed by atoms with Crippen LogP contribution in [0.2, 0.25) is 0 Å². The summed E-state index contributed by atoms with van der Waals surface area (Å²) in [6.07, 6.45) is 1.23. The van der Waals surface area contributed by atoms with E-state index in [2.05, 4.69) is 35.8 Å². The minimum atomic E-state index is 0.127. The second kappa shape index (κ2) is 6.21. The third kappa shape index (κ3) is 3.03. The number of aliphatic hydroxyl groups excluding tert-OH is 1. The molecule has 0 radical (unpaired) electrons. The van der Waals surface area contributed by atoms with Crippen LogP contribution in [0.5, 0.6) is 0 Å². The van der Waals surface area contributed by atoms with Crippen molar-refractivity contribution in [3.8, 4) is 0 Å². The van der Waals surface area contributed by atoms with Crippen molar-refractivity contribution >= 4 is 5.69 Å². The van der Waals surface area contributed by atoms with E-state index in [4.69, 9.17) is 5.11 Å². The Hall–Kier alpha value is -1.06. The van der Waals surface area contributed by atoms with Crippen LogP contribution in [0.3, 0.4) is 0 Å². The largest absolute Gasteiger partial charge is 0.392 e. The first-order valence-electron chi connectivity index (χ1n) is 6.93. The average molecular weight is 248 g/mol. The molecule has 1 N–H and O–H groups in total. The molecule has 0 bridgehead atoms. The van der Waals surface area contributed by atoms with Gasteiger partial charge < -0.3 is 10.0 Å². The minimum Gasteiger partial charge on any atom is -0.392 e. The highest BCUT2D eigenvalue weighted by atomic mass is 16.3. The van der Waals surface area contributed by atoms with Crippen LogP contribution in [0.15, 0.2) is 24.3 Å². The molecule has 1 saturated heterocycles. The molecule has 0 aliphatic carbocycles. The normalized spacial score (nSPS) is 18.9. The Balaban J connectivity index is 1.92. The molecule has 1 unspecified atom stereocenters. The standard InChI is InChI=1S/C15H24N2O/c1-3-13(2)16-8-10-17(11-9-16)15-6-4-14(12-18)5-7-15/h4-7,13,18H,3,8-12H2,1-2H3. The quantitative estimate of drug-likeness (QED) is 0.884. The van der Waals surface area contributed by atoms with Gasteiger partial charge in [-0.2, -0.15) is 0 Å². The van der Waals surface area contributed by atoms with Crippen molar-refractivity contribution in [2.75, 3.05) is 31.1 Å². The number of piperazine rings is 1. The van der Waals surface area contributed by atoms with Crippen LogP contribution in [0.25, 0.3) is 0 Å². The highest BCUT2D eigenvalue weighted by Gasteiger charge is 2.19. The van der Waals surface area contributed by atoms with Crippen LogP contribution < -0.4 is 4.90 Å². The Kier molecular flexibility index (Phi) is 4.61. The van der Waals surface area contributed by atoms with E-state index >= 15 is 0 Å². The molecule has 3 nitrogen and oxygen atoms in total. The van der Waals surface area contributed by atoms with Crippen molar-refractivity contribution in [2.45, 2.75) is 32.9 Å². The summed E-state index contributed by atoms with van der Waals surface area (Å²) in [4.78, 5) is 5.00. The zero-order valence-corrected chi connectivity index (χ0v) is 11.5. The van der Waals surface area contributed by atoms with Gasteiger partial charge in [0, 0.05) is 37.9 Å². The van der Waals surface area contributed by atoms with Crippen LogP contribution in [0, 0.1) is 0 Å². The predicted molar refractivity (Wildman–Crippen MR) is 75.9 cm³/mol. The van der Waals surface area contributed by atoms with Crippen LogP contribution in [-0.4, -0.2) is 42.2 Å². The monoisotopic (exact) mass is 248 g/mol. The summed E-state index contributed by atoms with van der Waals surface area (Å²) < 4.78 is 0. The Morgan fingerprint density at radius 2 is 1.72 bits per heavy atom. The SMILES string of the molecule is CCC(C)N1CCN(c2ccc(CO)cc2)CC1. The van der Waals surface area contributed by atoms with Gasteiger partial charge >= 0.3 is 0 Å². The molecule has 1 aliphatic rings. The molecule has 1 aliphatic heterocycles. The molecule has 3 heteroatoms. The molecular weight excluding hydrogens is 224 g/mol. The third-order valence-electron chi connectivity index (χ3n) is 4.01. The lowest BCUT2D eigenvalue weighted by molar-refractivity contribution is 0.193. The number of hydrogen-bond acceptors (Lipinski definition) is 3. The van der Waals surface area contributed by atoms with Gasteiger partial charge in [-0.1, -0.05) is 19.1 Å². The number of nitrogens with zero attached hydrogens (tertiary/aromatic N) is 2. The zero-order valence-electron chi connectivity index (χ0n) is 11.5. The predicted octanol–water partition coefficient (Wildman–Crippen LogP) is 2.10. The summed E-state index contributed by atoms with van der Waals surface area (Å²) >= 11 is 0. The van der Waals surface area contributed by atoms with Crippen molar-refractivity contribution < 1.29 is 5.11 Å². The van der Waals surface area contributed by atoms with E-state index in [1.807, 2.05) is 12.1 Å². The lowest BCUT2D eigenvalue weighted by Gasteiger charge is -2.39.